The molecule has 3 rings (SSSR count). The predicted octanol–water partition coefficient (Wildman–Crippen LogP) is 2.06. The first-order chi connectivity index (χ1) is 9.20. The van der Waals surface area contributed by atoms with Crippen LogP contribution in [0.3, 0.4) is 0 Å². The fourth-order valence-electron chi connectivity index (χ4n) is 2.51. The number of nitrogens with zero attached hydrogens (tertiary/aromatic N) is 2. The number of para-hydroxylation sites is 1. The Balaban J connectivity index is 2.33. The summed E-state index contributed by atoms with van der Waals surface area (Å²) < 4.78 is 2.01. The molecule has 19 heavy (non-hydrogen) atoms. The van der Waals surface area contributed by atoms with Gasteiger partial charge in [0, 0.05) is 17.2 Å². The number of fused-ring (bicyclic) bond motifs is 3. The van der Waals surface area contributed by atoms with Crippen molar-refractivity contribution in [1.29, 1.82) is 0 Å². The smallest absolute Gasteiger partial charge is 0.325 e. The molecule has 0 atom stereocenters. The van der Waals surface area contributed by atoms with Crippen LogP contribution in [0.5, 0.6) is 0 Å². The number of benzene rings is 1. The third kappa shape index (κ3) is 1.87. The minimum atomic E-state index is -0.987. The third-order valence-electron chi connectivity index (χ3n) is 3.28. The Labute approximate surface area is 110 Å². The molecule has 0 amide bonds. The number of aryl methyl sites for hydroxylation is 1. The molecule has 4 nitrogen and oxygen atoms in total. The number of carboxylic acid groups (broad SMARTS) is 1. The molecule has 0 saturated carbocycles. The Morgan fingerprint density at radius 3 is 2.89 bits per heavy atom. The maximum atomic E-state index is 10.7. The van der Waals surface area contributed by atoms with Gasteiger partial charge < -0.3 is 9.51 Å². The van der Waals surface area contributed by atoms with E-state index in [9.17, 15) is 4.79 Å². The molecule has 2 aromatic heterocycles. The molecular formula is C14H12BN2O2. The van der Waals surface area contributed by atoms with Crippen LogP contribution in [0, 0.1) is 0 Å². The minimum absolute atomic E-state index is 0.448. The van der Waals surface area contributed by atoms with Crippen molar-refractivity contribution >= 4 is 35.2 Å². The Morgan fingerprint density at radius 1 is 1.37 bits per heavy atom. The van der Waals surface area contributed by atoms with Gasteiger partial charge in [0.25, 0.3) is 5.87 Å². The zero-order valence-corrected chi connectivity index (χ0v) is 10.5. The van der Waals surface area contributed by atoms with Crippen molar-refractivity contribution in [3.05, 3.63) is 42.2 Å². The van der Waals surface area contributed by atoms with Gasteiger partial charge in [-0.25, -0.2) is 0 Å². The number of hydrogen-bond donors (Lipinski definition) is 1. The van der Waals surface area contributed by atoms with E-state index in [4.69, 9.17) is 5.11 Å². The minimum Gasteiger partial charge on any atom is -0.489 e. The van der Waals surface area contributed by atoms with Crippen LogP contribution >= 0.6 is 0 Å². The third-order valence-corrected chi connectivity index (χ3v) is 3.28. The van der Waals surface area contributed by atoms with Crippen LogP contribution in [-0.4, -0.2) is 27.6 Å². The molecule has 0 aliphatic heterocycles. The second kappa shape index (κ2) is 4.42. The van der Waals surface area contributed by atoms with Gasteiger partial charge in [-0.3, -0.25) is 9.78 Å². The first kappa shape index (κ1) is 11.8. The monoisotopic (exact) mass is 251 g/mol. The van der Waals surface area contributed by atoms with Crippen LogP contribution in [-0.2, 0) is 6.42 Å². The van der Waals surface area contributed by atoms with E-state index in [1.165, 1.54) is 10.9 Å². The van der Waals surface area contributed by atoms with Crippen LogP contribution in [0.15, 0.2) is 36.7 Å². The molecule has 0 unspecified atom stereocenters. The highest BCUT2D eigenvalue weighted by Gasteiger charge is 2.12. The maximum Gasteiger partial charge on any atom is 0.325 e. The lowest BCUT2D eigenvalue weighted by atomic mass is 9.75. The van der Waals surface area contributed by atoms with Crippen molar-refractivity contribution < 1.29 is 9.90 Å². The fraction of sp³-hybridized carbons (Fsp3) is 0.143. The summed E-state index contributed by atoms with van der Waals surface area (Å²) in [6.45, 7) is 2.11. The Bertz CT molecular complexity index is 780. The van der Waals surface area contributed by atoms with Crippen LogP contribution in [0.2, 0.25) is 0 Å². The zero-order chi connectivity index (χ0) is 13.4. The summed E-state index contributed by atoms with van der Waals surface area (Å²) in [5.74, 6) is -0.987. The SMILES string of the molecule is CCc1c2ccccc2n2cc([B]C(=O)O)ncc12. The summed E-state index contributed by atoms with van der Waals surface area (Å²) in [5, 5.41) is 9.99. The molecule has 0 bridgehead atoms. The van der Waals surface area contributed by atoms with E-state index >= 15 is 0 Å². The van der Waals surface area contributed by atoms with E-state index in [2.05, 4.69) is 18.0 Å². The first-order valence-corrected chi connectivity index (χ1v) is 6.16. The number of carbonyl (C=O) groups is 1. The van der Waals surface area contributed by atoms with E-state index in [-0.39, 0.29) is 0 Å². The van der Waals surface area contributed by atoms with Gasteiger partial charge in [0.05, 0.1) is 17.2 Å². The van der Waals surface area contributed by atoms with Crippen molar-refractivity contribution in [2.45, 2.75) is 13.3 Å². The first-order valence-electron chi connectivity index (χ1n) is 6.16. The highest BCUT2D eigenvalue weighted by Crippen LogP contribution is 2.25. The van der Waals surface area contributed by atoms with Crippen molar-refractivity contribution in [3.8, 4) is 0 Å². The molecular weight excluding hydrogens is 239 g/mol. The zero-order valence-electron chi connectivity index (χ0n) is 10.5. The van der Waals surface area contributed by atoms with E-state index in [0.29, 0.717) is 5.59 Å². The van der Waals surface area contributed by atoms with Crippen molar-refractivity contribution in [2.24, 2.45) is 0 Å². The molecule has 93 valence electrons. The normalized spacial score (nSPS) is 11.0. The molecule has 0 spiro atoms. The lowest BCUT2D eigenvalue weighted by Gasteiger charge is -2.00. The van der Waals surface area contributed by atoms with Crippen LogP contribution in [0.25, 0.3) is 16.4 Å². The van der Waals surface area contributed by atoms with E-state index < -0.39 is 5.87 Å². The summed E-state index contributed by atoms with van der Waals surface area (Å²) in [7, 11) is 1.11. The van der Waals surface area contributed by atoms with Gasteiger partial charge in [-0.2, -0.15) is 0 Å². The number of aromatic nitrogens is 2. The number of rotatable bonds is 3. The van der Waals surface area contributed by atoms with E-state index in [1.54, 1.807) is 12.4 Å². The number of hydrogen-bond acceptors (Lipinski definition) is 2. The standard InChI is InChI=1S/C14H12BN2O2/c1-2-9-10-5-3-4-6-11(10)17-8-13(15-14(18)19)16-7-12(9)17/h3-8H,2H2,1H3,(H,18,19). The van der Waals surface area contributed by atoms with Crippen LogP contribution in [0.1, 0.15) is 12.5 Å². The average molecular weight is 251 g/mol. The summed E-state index contributed by atoms with van der Waals surface area (Å²) in [6, 6.07) is 8.11. The van der Waals surface area contributed by atoms with Gasteiger partial charge in [0.1, 0.15) is 0 Å². The lowest BCUT2D eigenvalue weighted by Crippen LogP contribution is -2.26. The van der Waals surface area contributed by atoms with E-state index in [0.717, 1.165) is 24.7 Å². The summed E-state index contributed by atoms with van der Waals surface area (Å²) in [5.41, 5.74) is 3.80. The highest BCUT2D eigenvalue weighted by atomic mass is 16.4. The molecule has 5 heteroatoms. The average Bonchev–Trinajstić information content (AvgIpc) is 2.71. The molecule has 0 saturated heterocycles. The largest absolute Gasteiger partial charge is 0.489 e. The van der Waals surface area contributed by atoms with Gasteiger partial charge in [-0.1, -0.05) is 25.1 Å². The highest BCUT2D eigenvalue weighted by molar-refractivity contribution is 6.81. The summed E-state index contributed by atoms with van der Waals surface area (Å²) in [6.07, 6.45) is 4.43. The molecule has 0 aliphatic rings. The van der Waals surface area contributed by atoms with Crippen molar-refractivity contribution in [1.82, 2.24) is 9.38 Å². The molecule has 3 aromatic rings. The summed E-state index contributed by atoms with van der Waals surface area (Å²) in [4.78, 5) is 14.9. The molecule has 0 fully saturated rings. The maximum absolute atomic E-state index is 10.7. The van der Waals surface area contributed by atoms with Crippen molar-refractivity contribution in [3.63, 3.8) is 0 Å². The lowest BCUT2D eigenvalue weighted by molar-refractivity contribution is 0.220. The Kier molecular flexibility index (Phi) is 2.74. The fourth-order valence-corrected chi connectivity index (χ4v) is 2.51. The van der Waals surface area contributed by atoms with Crippen LogP contribution < -0.4 is 5.59 Å². The predicted molar refractivity (Wildman–Crippen MR) is 75.5 cm³/mol. The topological polar surface area (TPSA) is 54.6 Å². The molecule has 1 N–H and O–H groups in total. The molecule has 1 radical (unpaired) electrons. The van der Waals surface area contributed by atoms with Gasteiger partial charge in [-0.15, -0.1) is 0 Å². The van der Waals surface area contributed by atoms with Crippen molar-refractivity contribution in [2.75, 3.05) is 0 Å². The second-order valence-corrected chi connectivity index (χ2v) is 4.40. The molecule has 1 aromatic carbocycles. The van der Waals surface area contributed by atoms with Gasteiger partial charge in [0.15, 0.2) is 0 Å². The Morgan fingerprint density at radius 2 is 2.16 bits per heavy atom. The van der Waals surface area contributed by atoms with Gasteiger partial charge >= 0.3 is 7.28 Å². The summed E-state index contributed by atoms with van der Waals surface area (Å²) >= 11 is 0. The second-order valence-electron chi connectivity index (χ2n) is 4.40. The van der Waals surface area contributed by atoms with Crippen LogP contribution in [0.4, 0.5) is 4.79 Å². The molecule has 2 heterocycles. The van der Waals surface area contributed by atoms with Gasteiger partial charge in [0.2, 0.25) is 0 Å². The quantitative estimate of drug-likeness (QED) is 0.725. The molecule has 0 aliphatic carbocycles. The van der Waals surface area contributed by atoms with Gasteiger partial charge in [-0.05, 0) is 18.1 Å². The Hall–Kier alpha value is -2.30. The van der Waals surface area contributed by atoms with E-state index in [1.807, 2.05) is 22.6 Å².